The van der Waals surface area contributed by atoms with Crippen LogP contribution in [0.2, 0.25) is 0 Å². The normalized spacial score (nSPS) is 19.1. The predicted molar refractivity (Wildman–Crippen MR) is 94.0 cm³/mol. The third-order valence-corrected chi connectivity index (χ3v) is 4.81. The minimum atomic E-state index is -5.93. The number of aromatic nitrogens is 1. The number of methoxy groups -OCH3 is 2. The molecule has 166 valence electrons. The van der Waals surface area contributed by atoms with E-state index < -0.39 is 64.2 Å². The fraction of sp³-hybridized carbons (Fsp3) is 0.526. The number of alkyl halides is 5. The van der Waals surface area contributed by atoms with Crippen LogP contribution >= 0.6 is 0 Å². The summed E-state index contributed by atoms with van der Waals surface area (Å²) in [5.41, 5.74) is -4.07. The maximum atomic E-state index is 13.8. The molecule has 30 heavy (non-hydrogen) atoms. The van der Waals surface area contributed by atoms with E-state index in [0.717, 1.165) is 14.2 Å². The highest BCUT2D eigenvalue weighted by atomic mass is 19.4. The van der Waals surface area contributed by atoms with Crippen LogP contribution in [0, 0.1) is 5.41 Å². The summed E-state index contributed by atoms with van der Waals surface area (Å²) in [6, 6.07) is 0.397. The standard InChI is InChI=1S/C19H20F5NO5/c1-17(2)6-5-10(26)13(15(17)28)14(27)12-9(8-29-3)7-11(25-16(12)30-4)18(20,21)19(22,23)24/h7,27H,5-6,8H2,1-4H3. The van der Waals surface area contributed by atoms with Crippen molar-refractivity contribution < 1.29 is 46.1 Å². The van der Waals surface area contributed by atoms with Crippen molar-refractivity contribution in [2.75, 3.05) is 14.2 Å². The number of halogens is 5. The lowest BCUT2D eigenvalue weighted by Crippen LogP contribution is -2.36. The Morgan fingerprint density at radius 2 is 1.80 bits per heavy atom. The van der Waals surface area contributed by atoms with Crippen LogP contribution in [0.1, 0.15) is 43.5 Å². The smallest absolute Gasteiger partial charge is 0.459 e. The Kier molecular flexibility index (Phi) is 6.27. The Balaban J connectivity index is 2.82. The SMILES string of the molecule is COCc1cc(C(F)(F)C(F)(F)F)nc(OC)c1C(O)=C1C(=O)CCC(C)(C)C1=O. The first-order valence-corrected chi connectivity index (χ1v) is 8.72. The molecule has 1 saturated carbocycles. The molecule has 1 heterocycles. The summed E-state index contributed by atoms with van der Waals surface area (Å²) in [7, 11) is 2.08. The fourth-order valence-corrected chi connectivity index (χ4v) is 3.04. The lowest BCUT2D eigenvalue weighted by Gasteiger charge is -2.29. The van der Waals surface area contributed by atoms with Crippen LogP contribution in [-0.2, 0) is 26.9 Å². The Hall–Kier alpha value is -2.56. The van der Waals surface area contributed by atoms with Crippen LogP contribution in [0.5, 0.6) is 5.88 Å². The van der Waals surface area contributed by atoms with Crippen LogP contribution in [-0.4, -0.2) is 42.1 Å². The monoisotopic (exact) mass is 437 g/mol. The summed E-state index contributed by atoms with van der Waals surface area (Å²) in [4.78, 5) is 28.2. The summed E-state index contributed by atoms with van der Waals surface area (Å²) < 4.78 is 75.8. The van der Waals surface area contributed by atoms with E-state index in [1.54, 1.807) is 13.8 Å². The van der Waals surface area contributed by atoms with Gasteiger partial charge in [-0.2, -0.15) is 22.0 Å². The van der Waals surface area contributed by atoms with Crippen molar-refractivity contribution in [1.29, 1.82) is 0 Å². The molecule has 0 aliphatic heterocycles. The second-order valence-electron chi connectivity index (χ2n) is 7.42. The number of carbonyl (C=O) groups excluding carboxylic acids is 2. The summed E-state index contributed by atoms with van der Waals surface area (Å²) in [6.45, 7) is 2.60. The van der Waals surface area contributed by atoms with Crippen molar-refractivity contribution in [2.45, 2.75) is 45.4 Å². The minimum absolute atomic E-state index is 0.0578. The average Bonchev–Trinajstić information content (AvgIpc) is 2.64. The molecule has 6 nitrogen and oxygen atoms in total. The Morgan fingerprint density at radius 1 is 1.20 bits per heavy atom. The highest BCUT2D eigenvalue weighted by Gasteiger charge is 2.60. The average molecular weight is 437 g/mol. The number of nitrogens with zero attached hydrogens (tertiary/aromatic N) is 1. The molecule has 1 aromatic rings. The zero-order valence-electron chi connectivity index (χ0n) is 16.6. The van der Waals surface area contributed by atoms with Gasteiger partial charge in [0.1, 0.15) is 17.0 Å². The lowest BCUT2D eigenvalue weighted by atomic mass is 9.72. The first kappa shape index (κ1) is 23.7. The molecule has 0 aromatic carbocycles. The maximum absolute atomic E-state index is 13.8. The molecule has 0 bridgehead atoms. The zero-order valence-corrected chi connectivity index (χ0v) is 16.6. The van der Waals surface area contributed by atoms with E-state index in [2.05, 4.69) is 4.98 Å². The minimum Gasteiger partial charge on any atom is -0.506 e. The van der Waals surface area contributed by atoms with E-state index >= 15 is 0 Å². The second-order valence-corrected chi connectivity index (χ2v) is 7.42. The molecule has 1 aliphatic rings. The highest BCUT2D eigenvalue weighted by molar-refractivity contribution is 6.27. The van der Waals surface area contributed by atoms with E-state index in [0.29, 0.717) is 6.07 Å². The van der Waals surface area contributed by atoms with Gasteiger partial charge in [-0.3, -0.25) is 9.59 Å². The van der Waals surface area contributed by atoms with Crippen LogP contribution in [0.25, 0.3) is 5.76 Å². The van der Waals surface area contributed by atoms with E-state index in [9.17, 15) is 36.6 Å². The van der Waals surface area contributed by atoms with E-state index in [4.69, 9.17) is 9.47 Å². The molecule has 0 spiro atoms. The number of Topliss-reactive ketones (excluding diaryl/α,β-unsaturated/α-hetero) is 2. The summed E-state index contributed by atoms with van der Waals surface area (Å²) in [5, 5.41) is 10.7. The number of carbonyl (C=O) groups is 2. The molecule has 0 saturated heterocycles. The Morgan fingerprint density at radius 3 is 2.30 bits per heavy atom. The van der Waals surface area contributed by atoms with Crippen LogP contribution in [0.3, 0.4) is 0 Å². The van der Waals surface area contributed by atoms with Crippen LogP contribution < -0.4 is 4.74 Å². The van der Waals surface area contributed by atoms with Crippen molar-refractivity contribution in [1.82, 2.24) is 4.98 Å². The van der Waals surface area contributed by atoms with Crippen molar-refractivity contribution in [3.8, 4) is 5.88 Å². The van der Waals surface area contributed by atoms with Gasteiger partial charge < -0.3 is 14.6 Å². The maximum Gasteiger partial charge on any atom is 0.459 e. The van der Waals surface area contributed by atoms with Crippen LogP contribution in [0.4, 0.5) is 22.0 Å². The zero-order chi connectivity index (χ0) is 23.1. The van der Waals surface area contributed by atoms with Gasteiger partial charge in [0.05, 0.1) is 19.3 Å². The van der Waals surface area contributed by atoms with Gasteiger partial charge in [0.2, 0.25) is 5.88 Å². The molecule has 0 atom stereocenters. The first-order valence-electron chi connectivity index (χ1n) is 8.72. The van der Waals surface area contributed by atoms with Gasteiger partial charge in [-0.15, -0.1) is 0 Å². The van der Waals surface area contributed by atoms with Gasteiger partial charge in [-0.1, -0.05) is 13.8 Å². The molecule has 11 heteroatoms. The van der Waals surface area contributed by atoms with Crippen molar-refractivity contribution in [2.24, 2.45) is 5.41 Å². The number of rotatable bonds is 5. The molecule has 0 unspecified atom stereocenters. The van der Waals surface area contributed by atoms with Crippen molar-refractivity contribution >= 4 is 17.3 Å². The topological polar surface area (TPSA) is 85.7 Å². The lowest BCUT2D eigenvalue weighted by molar-refractivity contribution is -0.291. The number of aliphatic hydroxyl groups is 1. The molecular formula is C19H20F5NO5. The third kappa shape index (κ3) is 4.03. The Bertz CT molecular complexity index is 905. The van der Waals surface area contributed by atoms with E-state index in [1.807, 2.05) is 0 Å². The first-order chi connectivity index (χ1) is 13.7. The highest BCUT2D eigenvalue weighted by Crippen LogP contribution is 2.45. The van der Waals surface area contributed by atoms with Gasteiger partial charge in [0.25, 0.3) is 0 Å². The van der Waals surface area contributed by atoms with E-state index in [1.165, 1.54) is 0 Å². The number of hydrogen-bond acceptors (Lipinski definition) is 6. The van der Waals surface area contributed by atoms with Gasteiger partial charge in [-0.25, -0.2) is 4.98 Å². The number of aliphatic hydroxyl groups excluding tert-OH is 1. The number of pyridine rings is 1. The quantitative estimate of drug-likeness (QED) is 0.323. The van der Waals surface area contributed by atoms with Crippen LogP contribution in [0.15, 0.2) is 11.6 Å². The fourth-order valence-electron chi connectivity index (χ4n) is 3.04. The largest absolute Gasteiger partial charge is 0.506 e. The Labute approximate surface area is 168 Å². The molecule has 2 rings (SSSR count). The number of hydrogen-bond donors (Lipinski definition) is 1. The third-order valence-electron chi connectivity index (χ3n) is 4.81. The molecule has 0 amide bonds. The van der Waals surface area contributed by atoms with Gasteiger partial charge >= 0.3 is 12.1 Å². The van der Waals surface area contributed by atoms with Crippen molar-refractivity contribution in [3.05, 3.63) is 28.5 Å². The molecule has 1 aromatic heterocycles. The molecule has 1 fully saturated rings. The molecule has 1 aliphatic carbocycles. The summed E-state index contributed by atoms with van der Waals surface area (Å²) >= 11 is 0. The number of allylic oxidation sites excluding steroid dienone is 1. The number of ether oxygens (including phenoxy) is 2. The van der Waals surface area contributed by atoms with Gasteiger partial charge in [0, 0.05) is 18.9 Å². The predicted octanol–water partition coefficient (Wildman–Crippen LogP) is 4.12. The van der Waals surface area contributed by atoms with Gasteiger partial charge in [0.15, 0.2) is 11.6 Å². The van der Waals surface area contributed by atoms with Crippen molar-refractivity contribution in [3.63, 3.8) is 0 Å². The van der Waals surface area contributed by atoms with Gasteiger partial charge in [-0.05, 0) is 18.1 Å². The van der Waals surface area contributed by atoms with E-state index in [-0.39, 0.29) is 18.4 Å². The number of ketones is 2. The molecule has 1 N–H and O–H groups in total. The second kappa shape index (κ2) is 7.93. The summed E-state index contributed by atoms with van der Waals surface area (Å²) in [6.07, 6.45) is -5.76. The molecule has 0 radical (unpaired) electrons. The summed E-state index contributed by atoms with van der Waals surface area (Å²) in [5.74, 6) is -8.41. The molecular weight excluding hydrogens is 417 g/mol.